The van der Waals surface area contributed by atoms with Crippen LogP contribution in [-0.4, -0.2) is 37.5 Å². The summed E-state index contributed by atoms with van der Waals surface area (Å²) in [6.45, 7) is -0.815. The highest BCUT2D eigenvalue weighted by atomic mass is 35.5. The van der Waals surface area contributed by atoms with E-state index in [2.05, 4.69) is 0 Å². The number of benzene rings is 1. The smallest absolute Gasteiger partial charge is 0.255 e. The second kappa shape index (κ2) is 6.51. The molecule has 0 fully saturated rings. The molecule has 0 radical (unpaired) electrons. The molecule has 0 aliphatic rings. The molecular weight excluding hydrogens is 252 g/mol. The van der Waals surface area contributed by atoms with E-state index < -0.39 is 13.0 Å². The van der Waals surface area contributed by atoms with Crippen molar-refractivity contribution in [2.24, 2.45) is 0 Å². The number of halogens is 3. The number of aldehydes is 1. The van der Waals surface area contributed by atoms with Gasteiger partial charge < -0.3 is 10.0 Å². The molecule has 1 aromatic rings. The predicted molar refractivity (Wildman–Crippen MR) is 62.1 cm³/mol. The van der Waals surface area contributed by atoms with Crippen LogP contribution in [0, 0.1) is 0 Å². The van der Waals surface area contributed by atoms with E-state index in [-0.39, 0.29) is 18.7 Å². The number of hydrogen-bond donors (Lipinski definition) is 1. The monoisotopic (exact) mass is 263 g/mol. The third kappa shape index (κ3) is 3.94. The normalized spacial score (nSPS) is 10.6. The van der Waals surface area contributed by atoms with Crippen molar-refractivity contribution in [1.29, 1.82) is 0 Å². The molecule has 0 aromatic heterocycles. The van der Waals surface area contributed by atoms with Crippen molar-refractivity contribution < 1.29 is 18.7 Å². The molecule has 94 valence electrons. The maximum atomic E-state index is 12.4. The van der Waals surface area contributed by atoms with E-state index in [4.69, 9.17) is 16.7 Å². The number of hydrogen-bond acceptors (Lipinski definition) is 3. The van der Waals surface area contributed by atoms with E-state index in [0.29, 0.717) is 17.0 Å². The standard InChI is InChI=1S/C11H12ClF2NO2/c12-9-2-1-8(7-17)10(5-9)15(3-4-16)6-11(13)14/h1-2,5,7,11,16H,3-4,6H2. The fraction of sp³-hybridized carbons (Fsp3) is 0.364. The van der Waals surface area contributed by atoms with Crippen LogP contribution in [-0.2, 0) is 0 Å². The first kappa shape index (κ1) is 13.9. The van der Waals surface area contributed by atoms with E-state index >= 15 is 0 Å². The highest BCUT2D eigenvalue weighted by Gasteiger charge is 2.15. The lowest BCUT2D eigenvalue weighted by Gasteiger charge is -2.25. The Morgan fingerprint density at radius 2 is 2.18 bits per heavy atom. The number of alkyl halides is 2. The summed E-state index contributed by atoms with van der Waals surface area (Å²) in [4.78, 5) is 12.0. The van der Waals surface area contributed by atoms with E-state index in [1.165, 1.54) is 23.1 Å². The van der Waals surface area contributed by atoms with Crippen molar-refractivity contribution in [3.63, 3.8) is 0 Å². The van der Waals surface area contributed by atoms with Gasteiger partial charge in [0, 0.05) is 22.8 Å². The quantitative estimate of drug-likeness (QED) is 0.800. The molecule has 0 saturated carbocycles. The zero-order valence-corrected chi connectivity index (χ0v) is 9.70. The van der Waals surface area contributed by atoms with Crippen molar-refractivity contribution in [3.8, 4) is 0 Å². The number of carbonyl (C=O) groups excluding carboxylic acids is 1. The van der Waals surface area contributed by atoms with Crippen LogP contribution in [0.5, 0.6) is 0 Å². The third-order valence-corrected chi connectivity index (χ3v) is 2.42. The molecule has 1 N–H and O–H groups in total. The number of rotatable bonds is 6. The third-order valence-electron chi connectivity index (χ3n) is 2.19. The van der Waals surface area contributed by atoms with E-state index in [1.807, 2.05) is 0 Å². The molecule has 1 aromatic carbocycles. The van der Waals surface area contributed by atoms with Crippen LogP contribution in [0.1, 0.15) is 10.4 Å². The predicted octanol–water partition coefficient (Wildman–Crippen LogP) is 2.22. The van der Waals surface area contributed by atoms with Gasteiger partial charge in [0.15, 0.2) is 6.29 Å². The molecule has 0 amide bonds. The van der Waals surface area contributed by atoms with Crippen molar-refractivity contribution in [2.75, 3.05) is 24.6 Å². The Balaban J connectivity index is 3.06. The van der Waals surface area contributed by atoms with Gasteiger partial charge >= 0.3 is 0 Å². The number of aliphatic hydroxyl groups is 1. The molecule has 0 aliphatic carbocycles. The summed E-state index contributed by atoms with van der Waals surface area (Å²) in [5.74, 6) is 0. The molecule has 0 aliphatic heterocycles. The van der Waals surface area contributed by atoms with Gasteiger partial charge in [0.1, 0.15) is 0 Å². The van der Waals surface area contributed by atoms with Gasteiger partial charge in [-0.3, -0.25) is 4.79 Å². The minimum absolute atomic E-state index is 0.0194. The fourth-order valence-corrected chi connectivity index (χ4v) is 1.65. The van der Waals surface area contributed by atoms with Gasteiger partial charge in [-0.25, -0.2) is 8.78 Å². The summed E-state index contributed by atoms with van der Waals surface area (Å²) in [6, 6.07) is 4.40. The SMILES string of the molecule is O=Cc1ccc(Cl)cc1N(CCO)CC(F)F. The lowest BCUT2D eigenvalue weighted by molar-refractivity contribution is 0.112. The Bertz CT molecular complexity index is 388. The van der Waals surface area contributed by atoms with Gasteiger partial charge in [-0.05, 0) is 18.2 Å². The molecule has 0 bridgehead atoms. The van der Waals surface area contributed by atoms with Crippen LogP contribution in [0.4, 0.5) is 14.5 Å². The average molecular weight is 264 g/mol. The first-order chi connectivity index (χ1) is 8.08. The molecule has 0 unspecified atom stereocenters. The van der Waals surface area contributed by atoms with E-state index in [1.54, 1.807) is 0 Å². The molecule has 1 rings (SSSR count). The summed E-state index contributed by atoms with van der Waals surface area (Å²) in [7, 11) is 0. The Morgan fingerprint density at radius 3 is 2.71 bits per heavy atom. The molecule has 0 spiro atoms. The Morgan fingerprint density at radius 1 is 1.47 bits per heavy atom. The molecule has 0 heterocycles. The zero-order valence-electron chi connectivity index (χ0n) is 8.94. The number of carbonyl (C=O) groups is 1. The summed E-state index contributed by atoms with van der Waals surface area (Å²) in [5, 5.41) is 9.19. The van der Waals surface area contributed by atoms with Crippen molar-refractivity contribution in [3.05, 3.63) is 28.8 Å². The van der Waals surface area contributed by atoms with Crippen LogP contribution < -0.4 is 4.90 Å². The first-order valence-corrected chi connectivity index (χ1v) is 5.35. The summed E-state index contributed by atoms with van der Waals surface area (Å²) in [5.41, 5.74) is 0.574. The number of anilines is 1. The Labute approximate surface area is 103 Å². The second-order valence-electron chi connectivity index (χ2n) is 3.38. The highest BCUT2D eigenvalue weighted by Crippen LogP contribution is 2.24. The van der Waals surface area contributed by atoms with Gasteiger partial charge in [0.25, 0.3) is 6.43 Å². The fourth-order valence-electron chi connectivity index (χ4n) is 1.49. The highest BCUT2D eigenvalue weighted by molar-refractivity contribution is 6.31. The average Bonchev–Trinajstić information content (AvgIpc) is 2.28. The maximum absolute atomic E-state index is 12.4. The van der Waals surface area contributed by atoms with Crippen LogP contribution in [0.25, 0.3) is 0 Å². The Kier molecular flexibility index (Phi) is 5.31. The maximum Gasteiger partial charge on any atom is 0.255 e. The first-order valence-electron chi connectivity index (χ1n) is 4.97. The van der Waals surface area contributed by atoms with Crippen LogP contribution in [0.2, 0.25) is 5.02 Å². The van der Waals surface area contributed by atoms with E-state index in [0.717, 1.165) is 0 Å². The summed E-state index contributed by atoms with van der Waals surface area (Å²) < 4.78 is 24.8. The number of nitrogens with zero attached hydrogens (tertiary/aromatic N) is 1. The van der Waals surface area contributed by atoms with Crippen LogP contribution >= 0.6 is 11.6 Å². The van der Waals surface area contributed by atoms with Crippen molar-refractivity contribution >= 4 is 23.6 Å². The van der Waals surface area contributed by atoms with Crippen LogP contribution in [0.3, 0.4) is 0 Å². The minimum Gasteiger partial charge on any atom is -0.395 e. The topological polar surface area (TPSA) is 40.5 Å². The van der Waals surface area contributed by atoms with Crippen LogP contribution in [0.15, 0.2) is 18.2 Å². The zero-order chi connectivity index (χ0) is 12.8. The van der Waals surface area contributed by atoms with Gasteiger partial charge in [0.05, 0.1) is 13.2 Å². The molecule has 3 nitrogen and oxygen atoms in total. The number of aliphatic hydroxyl groups excluding tert-OH is 1. The van der Waals surface area contributed by atoms with E-state index in [9.17, 15) is 13.6 Å². The summed E-state index contributed by atoms with van der Waals surface area (Å²) >= 11 is 5.76. The molecule has 17 heavy (non-hydrogen) atoms. The Hall–Kier alpha value is -1.20. The van der Waals surface area contributed by atoms with Gasteiger partial charge in [0.2, 0.25) is 0 Å². The lowest BCUT2D eigenvalue weighted by Crippen LogP contribution is -2.32. The van der Waals surface area contributed by atoms with Gasteiger partial charge in [-0.1, -0.05) is 11.6 Å². The lowest BCUT2D eigenvalue weighted by atomic mass is 10.1. The van der Waals surface area contributed by atoms with Gasteiger partial charge in [-0.15, -0.1) is 0 Å². The second-order valence-corrected chi connectivity index (χ2v) is 3.82. The molecular formula is C11H12ClF2NO2. The van der Waals surface area contributed by atoms with Crippen molar-refractivity contribution in [1.82, 2.24) is 0 Å². The molecule has 6 heteroatoms. The largest absolute Gasteiger partial charge is 0.395 e. The molecule has 0 atom stereocenters. The minimum atomic E-state index is -2.56. The summed E-state index contributed by atoms with van der Waals surface area (Å²) in [6.07, 6.45) is -1.98. The van der Waals surface area contributed by atoms with Gasteiger partial charge in [-0.2, -0.15) is 0 Å². The molecule has 0 saturated heterocycles. The van der Waals surface area contributed by atoms with Crippen molar-refractivity contribution in [2.45, 2.75) is 6.43 Å².